The molecule has 6 nitrogen and oxygen atoms in total. The monoisotopic (exact) mass is 438 g/mol. The third kappa shape index (κ3) is 3.49. The van der Waals surface area contributed by atoms with E-state index in [2.05, 4.69) is 15.9 Å². The Kier molecular flexibility index (Phi) is 5.36. The van der Waals surface area contributed by atoms with Crippen LogP contribution in [0.25, 0.3) is 0 Å². The van der Waals surface area contributed by atoms with E-state index in [4.69, 9.17) is 10.5 Å². The third-order valence-electron chi connectivity index (χ3n) is 4.33. The van der Waals surface area contributed by atoms with E-state index >= 15 is 0 Å². The first-order chi connectivity index (χ1) is 12.3. The fourth-order valence-corrected chi connectivity index (χ4v) is 5.32. The molecule has 0 unspecified atom stereocenters. The van der Waals surface area contributed by atoms with Crippen LogP contribution in [-0.2, 0) is 27.8 Å². The van der Waals surface area contributed by atoms with E-state index in [9.17, 15) is 13.2 Å². The number of carbonyl (C=O) groups is 1. The van der Waals surface area contributed by atoms with Crippen molar-refractivity contribution in [2.24, 2.45) is 5.73 Å². The molecule has 0 aromatic heterocycles. The van der Waals surface area contributed by atoms with Crippen LogP contribution in [0, 0.1) is 0 Å². The summed E-state index contributed by atoms with van der Waals surface area (Å²) < 4.78 is 34.0. The number of fused-ring (bicyclic) bond motifs is 1. The van der Waals surface area contributed by atoms with Gasteiger partial charge in [0.15, 0.2) is 0 Å². The number of hydrogen-bond acceptors (Lipinski definition) is 4. The number of hydrogen-bond donors (Lipinski definition) is 1. The lowest BCUT2D eigenvalue weighted by molar-refractivity contribution is -0.122. The number of nitrogens with zero attached hydrogens (tertiary/aromatic N) is 1. The number of halogens is 1. The highest BCUT2D eigenvalue weighted by molar-refractivity contribution is 9.10. The summed E-state index contributed by atoms with van der Waals surface area (Å²) in [5.74, 6) is -0.422. The second-order valence-corrected chi connectivity index (χ2v) is 8.74. The summed E-state index contributed by atoms with van der Waals surface area (Å²) >= 11 is 3.30. The van der Waals surface area contributed by atoms with Crippen molar-refractivity contribution < 1.29 is 17.9 Å². The van der Waals surface area contributed by atoms with Gasteiger partial charge in [-0.3, -0.25) is 4.79 Å². The molecular formula is C18H19BrN2O4S. The number of ether oxygens (including phenoxy) is 1. The van der Waals surface area contributed by atoms with E-state index in [0.29, 0.717) is 11.1 Å². The average Bonchev–Trinajstić information content (AvgIpc) is 2.62. The fraction of sp³-hybridized carbons (Fsp3) is 0.278. The predicted molar refractivity (Wildman–Crippen MR) is 101 cm³/mol. The summed E-state index contributed by atoms with van der Waals surface area (Å²) in [6.07, 6.45) is 0.253. The molecule has 1 atom stereocenters. The number of sulfonamides is 1. The zero-order valence-corrected chi connectivity index (χ0v) is 16.6. The van der Waals surface area contributed by atoms with Gasteiger partial charge in [0.2, 0.25) is 15.9 Å². The van der Waals surface area contributed by atoms with Gasteiger partial charge in [0, 0.05) is 11.0 Å². The first-order valence-electron chi connectivity index (χ1n) is 8.15. The van der Waals surface area contributed by atoms with Gasteiger partial charge in [0.1, 0.15) is 16.7 Å². The molecule has 0 aliphatic carbocycles. The maximum absolute atomic E-state index is 13.4. The molecule has 2 aromatic rings. The van der Waals surface area contributed by atoms with E-state index in [1.807, 2.05) is 24.3 Å². The van der Waals surface area contributed by atoms with E-state index in [0.717, 1.165) is 11.1 Å². The topological polar surface area (TPSA) is 89.7 Å². The first-order valence-corrected chi connectivity index (χ1v) is 10.4. The molecule has 1 aliphatic rings. The minimum Gasteiger partial charge on any atom is -0.492 e. The Morgan fingerprint density at radius 1 is 1.27 bits per heavy atom. The van der Waals surface area contributed by atoms with Crippen molar-refractivity contribution in [3.8, 4) is 5.75 Å². The molecule has 0 bridgehead atoms. The van der Waals surface area contributed by atoms with Crippen molar-refractivity contribution in [1.82, 2.24) is 4.31 Å². The van der Waals surface area contributed by atoms with Gasteiger partial charge in [0.25, 0.3) is 0 Å². The summed E-state index contributed by atoms with van der Waals surface area (Å²) in [7, 11) is -4.00. The second-order valence-electron chi connectivity index (χ2n) is 5.97. The summed E-state index contributed by atoms with van der Waals surface area (Å²) in [4.78, 5) is 12.0. The Morgan fingerprint density at radius 3 is 2.62 bits per heavy atom. The number of nitrogens with two attached hydrogens (primary N) is 1. The smallest absolute Gasteiger partial charge is 0.247 e. The molecule has 1 heterocycles. The van der Waals surface area contributed by atoms with Crippen molar-refractivity contribution >= 4 is 31.9 Å². The predicted octanol–water partition coefficient (Wildman–Crippen LogP) is 2.45. The molecule has 0 fully saturated rings. The first kappa shape index (κ1) is 18.9. The molecule has 0 radical (unpaired) electrons. The summed E-state index contributed by atoms with van der Waals surface area (Å²) in [6, 6.07) is 11.3. The quantitative estimate of drug-likeness (QED) is 0.775. The maximum atomic E-state index is 13.4. The van der Waals surface area contributed by atoms with Crippen LogP contribution in [0.15, 0.2) is 51.8 Å². The second kappa shape index (κ2) is 7.38. The number of amides is 1. The van der Waals surface area contributed by atoms with E-state index in [-0.39, 0.29) is 23.6 Å². The molecule has 8 heteroatoms. The highest BCUT2D eigenvalue weighted by atomic mass is 79.9. The largest absolute Gasteiger partial charge is 0.492 e. The van der Waals surface area contributed by atoms with Crippen molar-refractivity contribution in [1.29, 1.82) is 0 Å². The van der Waals surface area contributed by atoms with Crippen LogP contribution < -0.4 is 10.5 Å². The van der Waals surface area contributed by atoms with Crippen LogP contribution >= 0.6 is 15.9 Å². The van der Waals surface area contributed by atoms with Crippen molar-refractivity contribution in [2.75, 3.05) is 6.61 Å². The molecule has 0 saturated heterocycles. The highest BCUT2D eigenvalue weighted by Crippen LogP contribution is 2.34. The number of rotatable bonds is 5. The van der Waals surface area contributed by atoms with Crippen LogP contribution in [0.3, 0.4) is 0 Å². The van der Waals surface area contributed by atoms with Crippen LogP contribution in [-0.4, -0.2) is 31.3 Å². The SMILES string of the molecule is CCOc1ccc(Br)cc1S(=O)(=O)N1Cc2ccccc2C[C@H]1C(N)=O. The molecule has 0 spiro atoms. The lowest BCUT2D eigenvalue weighted by Crippen LogP contribution is -2.51. The molecular weight excluding hydrogens is 420 g/mol. The van der Waals surface area contributed by atoms with Crippen molar-refractivity contribution in [2.45, 2.75) is 30.8 Å². The van der Waals surface area contributed by atoms with Crippen LogP contribution in [0.1, 0.15) is 18.1 Å². The van der Waals surface area contributed by atoms with Gasteiger partial charge >= 0.3 is 0 Å². The molecule has 1 amide bonds. The van der Waals surface area contributed by atoms with Gasteiger partial charge in [-0.2, -0.15) is 4.31 Å². The third-order valence-corrected chi connectivity index (χ3v) is 6.70. The Morgan fingerprint density at radius 2 is 1.96 bits per heavy atom. The summed E-state index contributed by atoms with van der Waals surface area (Å²) in [5.41, 5.74) is 7.33. The van der Waals surface area contributed by atoms with Crippen molar-refractivity contribution in [3.05, 3.63) is 58.1 Å². The van der Waals surface area contributed by atoms with Gasteiger partial charge in [0.05, 0.1) is 6.61 Å². The van der Waals surface area contributed by atoms with Crippen molar-refractivity contribution in [3.63, 3.8) is 0 Å². The molecule has 2 N–H and O–H groups in total. The number of carbonyl (C=O) groups excluding carboxylic acids is 1. The highest BCUT2D eigenvalue weighted by Gasteiger charge is 2.39. The van der Waals surface area contributed by atoms with Gasteiger partial charge in [-0.15, -0.1) is 0 Å². The standard InChI is InChI=1S/C18H19BrN2O4S/c1-2-25-16-8-7-14(19)10-17(16)26(23,24)21-11-13-6-4-3-5-12(13)9-15(21)18(20)22/h3-8,10,15H,2,9,11H2,1H3,(H2,20,22)/t15-/m0/s1. The number of primary amides is 1. The fourth-order valence-electron chi connectivity index (χ4n) is 3.08. The normalized spacial score (nSPS) is 17.5. The van der Waals surface area contributed by atoms with E-state index in [1.54, 1.807) is 19.1 Å². The van der Waals surface area contributed by atoms with Crippen LogP contribution in [0.4, 0.5) is 0 Å². The Balaban J connectivity index is 2.11. The molecule has 3 rings (SSSR count). The summed E-state index contributed by atoms with van der Waals surface area (Å²) in [5, 5.41) is 0. The van der Waals surface area contributed by atoms with Crippen LogP contribution in [0.5, 0.6) is 5.75 Å². The van der Waals surface area contributed by atoms with Gasteiger partial charge in [-0.1, -0.05) is 40.2 Å². The van der Waals surface area contributed by atoms with Crippen LogP contribution in [0.2, 0.25) is 0 Å². The van der Waals surface area contributed by atoms with Gasteiger partial charge in [-0.05, 0) is 42.7 Å². The molecule has 2 aromatic carbocycles. The summed E-state index contributed by atoms with van der Waals surface area (Å²) in [6.45, 7) is 2.19. The molecule has 1 aliphatic heterocycles. The Hall–Kier alpha value is -1.90. The van der Waals surface area contributed by atoms with E-state index < -0.39 is 22.0 Å². The molecule has 0 saturated carbocycles. The Bertz CT molecular complexity index is 946. The lowest BCUT2D eigenvalue weighted by atomic mass is 9.96. The molecule has 26 heavy (non-hydrogen) atoms. The lowest BCUT2D eigenvalue weighted by Gasteiger charge is -2.34. The molecule has 138 valence electrons. The van der Waals surface area contributed by atoms with E-state index in [1.165, 1.54) is 10.4 Å². The minimum atomic E-state index is -4.00. The van der Waals surface area contributed by atoms with Gasteiger partial charge in [-0.25, -0.2) is 8.42 Å². The maximum Gasteiger partial charge on any atom is 0.247 e. The zero-order valence-electron chi connectivity index (χ0n) is 14.2. The van der Waals surface area contributed by atoms with Gasteiger partial charge < -0.3 is 10.5 Å². The minimum absolute atomic E-state index is 0.0133. The average molecular weight is 439 g/mol. The Labute approximate surface area is 161 Å². The number of benzene rings is 2. The zero-order chi connectivity index (χ0) is 18.9.